The van der Waals surface area contributed by atoms with Crippen molar-refractivity contribution < 1.29 is 9.53 Å². The molecule has 0 aliphatic carbocycles. The molecule has 0 bridgehead atoms. The lowest BCUT2D eigenvalue weighted by Crippen LogP contribution is -2.36. The number of para-hydroxylation sites is 1. The highest BCUT2D eigenvalue weighted by atomic mass is 32.2. The molecule has 0 aromatic heterocycles. The molecule has 0 spiro atoms. The molecular weight excluding hydrogens is 390 g/mol. The Bertz CT molecular complexity index is 934. The molecule has 3 nitrogen and oxygen atoms in total. The maximum absolute atomic E-state index is 13.4. The van der Waals surface area contributed by atoms with Crippen LogP contribution in [0, 0.1) is 6.92 Å². The molecule has 156 valence electrons. The fourth-order valence-electron chi connectivity index (χ4n) is 3.08. The van der Waals surface area contributed by atoms with E-state index in [0.717, 1.165) is 16.1 Å². The molecule has 0 radical (unpaired) electrons. The normalized spacial score (nSPS) is 13.3. The molecule has 30 heavy (non-hydrogen) atoms. The van der Waals surface area contributed by atoms with Crippen molar-refractivity contribution in [3.05, 3.63) is 96.1 Å². The summed E-state index contributed by atoms with van der Waals surface area (Å²) in [5, 5.41) is 3.11. The highest BCUT2D eigenvalue weighted by molar-refractivity contribution is 8.00. The Balaban J connectivity index is 2.00. The van der Waals surface area contributed by atoms with Gasteiger partial charge in [-0.15, -0.1) is 11.8 Å². The number of aryl methyl sites for hydroxylation is 1. The average Bonchev–Trinajstić information content (AvgIpc) is 2.72. The first-order valence-electron chi connectivity index (χ1n) is 10.1. The van der Waals surface area contributed by atoms with Gasteiger partial charge in [-0.2, -0.15) is 0 Å². The first kappa shape index (κ1) is 22.0. The molecule has 0 aliphatic rings. The van der Waals surface area contributed by atoms with Gasteiger partial charge in [-0.25, -0.2) is 0 Å². The van der Waals surface area contributed by atoms with Crippen LogP contribution in [0.4, 0.5) is 5.69 Å². The fraction of sp³-hybridized carbons (Fsp3) is 0.269. The third-order valence-corrected chi connectivity index (χ3v) is 5.74. The zero-order valence-electron chi connectivity index (χ0n) is 18.0. The Labute approximate surface area is 183 Å². The van der Waals surface area contributed by atoms with Gasteiger partial charge in [0.2, 0.25) is 0 Å². The minimum absolute atomic E-state index is 0.231. The summed E-state index contributed by atoms with van der Waals surface area (Å²) in [7, 11) is 0. The van der Waals surface area contributed by atoms with Crippen LogP contribution in [0.3, 0.4) is 0 Å². The molecule has 0 fully saturated rings. The van der Waals surface area contributed by atoms with E-state index in [4.69, 9.17) is 4.74 Å². The average molecular weight is 420 g/mol. The monoisotopic (exact) mass is 419 g/mol. The zero-order chi connectivity index (χ0) is 21.6. The molecule has 0 unspecified atom stereocenters. The summed E-state index contributed by atoms with van der Waals surface area (Å²) in [6.07, 6.45) is 0. The topological polar surface area (TPSA) is 38.3 Å². The Kier molecular flexibility index (Phi) is 7.22. The van der Waals surface area contributed by atoms with Gasteiger partial charge in [-0.05, 0) is 57.5 Å². The summed E-state index contributed by atoms with van der Waals surface area (Å²) in [4.78, 5) is 14.4. The lowest BCUT2D eigenvalue weighted by Gasteiger charge is -2.30. The maximum atomic E-state index is 13.4. The van der Waals surface area contributed by atoms with E-state index in [1.54, 1.807) is 0 Å². The molecule has 3 rings (SSSR count). The number of anilines is 1. The standard InChI is InChI=1S/C26H29NO2S/c1-19-15-17-22(18-16-19)30-24(25(28)29-26(2,3)4)23(20-11-7-5-8-12-20)27-21-13-9-6-10-14-21/h5-18,23-24,27H,1-4H3/t23-,24+/m0/s1. The van der Waals surface area contributed by atoms with Crippen molar-refractivity contribution in [3.8, 4) is 0 Å². The first-order chi connectivity index (χ1) is 14.3. The minimum atomic E-state index is -0.558. The van der Waals surface area contributed by atoms with Gasteiger partial charge in [0.25, 0.3) is 0 Å². The second-order valence-corrected chi connectivity index (χ2v) is 9.50. The Morgan fingerprint density at radius 1 is 0.867 bits per heavy atom. The second kappa shape index (κ2) is 9.86. The summed E-state index contributed by atoms with van der Waals surface area (Å²) >= 11 is 1.53. The van der Waals surface area contributed by atoms with Crippen LogP contribution < -0.4 is 5.32 Å². The van der Waals surface area contributed by atoms with E-state index in [0.29, 0.717) is 0 Å². The number of nitrogens with one attached hydrogen (secondary N) is 1. The number of hydrogen-bond acceptors (Lipinski definition) is 4. The smallest absolute Gasteiger partial charge is 0.322 e. The van der Waals surface area contributed by atoms with E-state index in [1.165, 1.54) is 17.3 Å². The summed E-state index contributed by atoms with van der Waals surface area (Å²) in [5.41, 5.74) is 2.63. The van der Waals surface area contributed by atoms with Gasteiger partial charge in [0, 0.05) is 10.6 Å². The molecule has 4 heteroatoms. The Morgan fingerprint density at radius 2 is 1.43 bits per heavy atom. The predicted molar refractivity (Wildman–Crippen MR) is 126 cm³/mol. The molecule has 0 saturated carbocycles. The fourth-order valence-corrected chi connectivity index (χ4v) is 4.18. The van der Waals surface area contributed by atoms with Crippen LogP contribution >= 0.6 is 11.8 Å². The molecule has 1 N–H and O–H groups in total. The number of benzene rings is 3. The summed E-state index contributed by atoms with van der Waals surface area (Å²) in [6.45, 7) is 7.77. The minimum Gasteiger partial charge on any atom is -0.459 e. The summed E-state index contributed by atoms with van der Waals surface area (Å²) in [5.74, 6) is -0.231. The van der Waals surface area contributed by atoms with Gasteiger partial charge >= 0.3 is 5.97 Å². The van der Waals surface area contributed by atoms with Crippen LogP contribution in [0.2, 0.25) is 0 Å². The van der Waals surface area contributed by atoms with E-state index < -0.39 is 10.9 Å². The SMILES string of the molecule is Cc1ccc(S[C@@H](C(=O)OC(C)(C)C)[C@@H](Nc2ccccc2)c2ccccc2)cc1. The van der Waals surface area contributed by atoms with Crippen molar-refractivity contribution >= 4 is 23.4 Å². The Hall–Kier alpha value is -2.72. The summed E-state index contributed by atoms with van der Waals surface area (Å²) < 4.78 is 5.84. The van der Waals surface area contributed by atoms with Crippen molar-refractivity contribution in [1.29, 1.82) is 0 Å². The number of ether oxygens (including phenoxy) is 1. The number of hydrogen-bond donors (Lipinski definition) is 1. The largest absolute Gasteiger partial charge is 0.459 e. The molecule has 2 atom stereocenters. The van der Waals surface area contributed by atoms with Gasteiger partial charge in [0.05, 0.1) is 6.04 Å². The molecule has 0 aliphatic heterocycles. The highest BCUT2D eigenvalue weighted by Crippen LogP contribution is 2.36. The molecule has 0 saturated heterocycles. The molecule has 0 amide bonds. The molecule has 0 heterocycles. The van der Waals surface area contributed by atoms with Gasteiger partial charge in [-0.1, -0.05) is 66.2 Å². The first-order valence-corrected chi connectivity index (χ1v) is 11.0. The van der Waals surface area contributed by atoms with Crippen molar-refractivity contribution in [2.75, 3.05) is 5.32 Å². The summed E-state index contributed by atoms with van der Waals surface area (Å²) in [6, 6.07) is 28.0. The lowest BCUT2D eigenvalue weighted by molar-refractivity contribution is -0.154. The van der Waals surface area contributed by atoms with Crippen LogP contribution in [0.25, 0.3) is 0 Å². The molecule has 3 aromatic rings. The van der Waals surface area contributed by atoms with Gasteiger partial charge in [0.1, 0.15) is 10.9 Å². The second-order valence-electron chi connectivity index (χ2n) is 8.28. The van der Waals surface area contributed by atoms with Gasteiger partial charge in [-0.3, -0.25) is 4.79 Å². The highest BCUT2D eigenvalue weighted by Gasteiger charge is 2.34. The van der Waals surface area contributed by atoms with Crippen LogP contribution in [0.15, 0.2) is 89.8 Å². The predicted octanol–water partition coefficient (Wildman–Crippen LogP) is 6.65. The zero-order valence-corrected chi connectivity index (χ0v) is 18.8. The molecular formula is C26H29NO2S. The third-order valence-electron chi connectivity index (χ3n) is 4.48. The maximum Gasteiger partial charge on any atom is 0.322 e. The number of carbonyl (C=O) groups is 1. The van der Waals surface area contributed by atoms with Crippen LogP contribution in [0.1, 0.15) is 37.9 Å². The van der Waals surface area contributed by atoms with Crippen molar-refractivity contribution in [3.63, 3.8) is 0 Å². The van der Waals surface area contributed by atoms with E-state index in [1.807, 2.05) is 81.4 Å². The third kappa shape index (κ3) is 6.39. The van der Waals surface area contributed by atoms with Crippen LogP contribution in [0.5, 0.6) is 0 Å². The van der Waals surface area contributed by atoms with Crippen molar-refractivity contribution in [2.45, 2.75) is 49.5 Å². The lowest BCUT2D eigenvalue weighted by atomic mass is 10.0. The van der Waals surface area contributed by atoms with Crippen molar-refractivity contribution in [1.82, 2.24) is 0 Å². The number of thioether (sulfide) groups is 1. The number of rotatable bonds is 7. The van der Waals surface area contributed by atoms with Crippen molar-refractivity contribution in [2.24, 2.45) is 0 Å². The Morgan fingerprint density at radius 3 is 2.00 bits per heavy atom. The van der Waals surface area contributed by atoms with Crippen LogP contribution in [-0.2, 0) is 9.53 Å². The van der Waals surface area contributed by atoms with E-state index in [9.17, 15) is 4.79 Å². The molecule has 3 aromatic carbocycles. The number of esters is 1. The van der Waals surface area contributed by atoms with Gasteiger partial charge in [0.15, 0.2) is 0 Å². The number of carbonyl (C=O) groups excluding carboxylic acids is 1. The van der Waals surface area contributed by atoms with Crippen LogP contribution in [-0.4, -0.2) is 16.8 Å². The van der Waals surface area contributed by atoms with E-state index in [2.05, 4.69) is 36.5 Å². The quantitative estimate of drug-likeness (QED) is 0.344. The van der Waals surface area contributed by atoms with E-state index >= 15 is 0 Å². The van der Waals surface area contributed by atoms with Gasteiger partial charge < -0.3 is 10.1 Å². The van der Waals surface area contributed by atoms with E-state index in [-0.39, 0.29) is 12.0 Å².